The quantitative estimate of drug-likeness (QED) is 0.587. The third-order valence-corrected chi connectivity index (χ3v) is 3.29. The van der Waals surface area contributed by atoms with Gasteiger partial charge in [0, 0.05) is 28.7 Å². The van der Waals surface area contributed by atoms with E-state index in [-0.39, 0.29) is 0 Å². The number of hydrogen-bond acceptors (Lipinski definition) is 1. The molecule has 1 aromatic carbocycles. The number of H-pyrrole nitrogens is 1. The monoisotopic (exact) mass is 229 g/mol. The van der Waals surface area contributed by atoms with Crippen LogP contribution in [0.1, 0.15) is 48.5 Å². The minimum absolute atomic E-state index is 0.776. The maximum Gasteiger partial charge on any atom is 0.150 e. The number of aromatic amines is 1. The lowest BCUT2D eigenvalue weighted by Crippen LogP contribution is -1.89. The van der Waals surface area contributed by atoms with Crippen molar-refractivity contribution in [1.29, 1.82) is 0 Å². The summed E-state index contributed by atoms with van der Waals surface area (Å²) in [5.41, 5.74) is 2.13. The van der Waals surface area contributed by atoms with Gasteiger partial charge in [-0.25, -0.2) is 0 Å². The predicted octanol–water partition coefficient (Wildman–Crippen LogP) is 4.10. The third-order valence-electron chi connectivity index (χ3n) is 3.29. The number of fused-ring (bicyclic) bond motifs is 1. The van der Waals surface area contributed by atoms with Gasteiger partial charge < -0.3 is 4.98 Å². The second-order valence-corrected chi connectivity index (χ2v) is 4.53. The summed E-state index contributed by atoms with van der Waals surface area (Å²) in [4.78, 5) is 14.0. The summed E-state index contributed by atoms with van der Waals surface area (Å²) < 4.78 is 0. The number of aromatic nitrogens is 1. The fourth-order valence-corrected chi connectivity index (χ4v) is 2.30. The summed E-state index contributed by atoms with van der Waals surface area (Å²) in [6.07, 6.45) is 11.0. The number of hydrogen-bond donors (Lipinski definition) is 1. The molecule has 0 atom stereocenters. The number of unbranched alkanes of at least 4 members (excludes halogenated alkanes) is 3. The number of benzene rings is 1. The topological polar surface area (TPSA) is 32.9 Å². The molecule has 1 N–H and O–H groups in total. The summed E-state index contributed by atoms with van der Waals surface area (Å²) >= 11 is 0. The van der Waals surface area contributed by atoms with Crippen molar-refractivity contribution in [3.63, 3.8) is 0 Å². The Morgan fingerprint density at radius 3 is 2.71 bits per heavy atom. The summed E-state index contributed by atoms with van der Waals surface area (Å²) in [5.74, 6) is 0. The number of aryl methyl sites for hydroxylation is 1. The molecule has 0 spiro atoms. The first-order valence-corrected chi connectivity index (χ1v) is 6.40. The molecule has 0 saturated carbocycles. The van der Waals surface area contributed by atoms with Gasteiger partial charge in [-0.05, 0) is 18.4 Å². The molecule has 1 aromatic heterocycles. The summed E-state index contributed by atoms with van der Waals surface area (Å²) in [6, 6.07) is 4.02. The van der Waals surface area contributed by atoms with Crippen molar-refractivity contribution >= 4 is 17.1 Å². The van der Waals surface area contributed by atoms with Crippen molar-refractivity contribution in [3.05, 3.63) is 35.7 Å². The Kier molecular flexibility index (Phi) is 3.97. The first-order valence-electron chi connectivity index (χ1n) is 6.40. The van der Waals surface area contributed by atoms with Gasteiger partial charge in [-0.15, -0.1) is 0 Å². The van der Waals surface area contributed by atoms with Crippen molar-refractivity contribution < 1.29 is 4.79 Å². The fourth-order valence-electron chi connectivity index (χ4n) is 2.30. The van der Waals surface area contributed by atoms with Crippen LogP contribution in [-0.4, -0.2) is 11.3 Å². The van der Waals surface area contributed by atoms with Crippen LogP contribution in [0.3, 0.4) is 0 Å². The number of aldehydes is 1. The van der Waals surface area contributed by atoms with Gasteiger partial charge in [-0.1, -0.05) is 38.3 Å². The van der Waals surface area contributed by atoms with Crippen LogP contribution < -0.4 is 0 Å². The molecular formula is C15H19NO. The summed E-state index contributed by atoms with van der Waals surface area (Å²) in [7, 11) is 0. The van der Waals surface area contributed by atoms with Crippen LogP contribution in [-0.2, 0) is 6.42 Å². The zero-order valence-electron chi connectivity index (χ0n) is 10.3. The van der Waals surface area contributed by atoms with Crippen molar-refractivity contribution in [2.24, 2.45) is 0 Å². The Morgan fingerprint density at radius 1 is 1.12 bits per heavy atom. The summed E-state index contributed by atoms with van der Waals surface area (Å²) in [6.45, 7) is 2.23. The molecule has 0 radical (unpaired) electrons. The molecule has 2 rings (SSSR count). The van der Waals surface area contributed by atoms with Gasteiger partial charge in [0.2, 0.25) is 0 Å². The Hall–Kier alpha value is -1.57. The zero-order valence-corrected chi connectivity index (χ0v) is 10.3. The van der Waals surface area contributed by atoms with E-state index in [2.05, 4.69) is 18.0 Å². The lowest BCUT2D eigenvalue weighted by molar-refractivity contribution is 0.112. The van der Waals surface area contributed by atoms with Gasteiger partial charge in [0.1, 0.15) is 0 Å². The van der Waals surface area contributed by atoms with Crippen LogP contribution in [0.5, 0.6) is 0 Å². The average molecular weight is 229 g/mol. The second kappa shape index (κ2) is 5.67. The number of nitrogens with one attached hydrogen (secondary N) is 1. The van der Waals surface area contributed by atoms with E-state index >= 15 is 0 Å². The van der Waals surface area contributed by atoms with Gasteiger partial charge in [0.15, 0.2) is 6.29 Å². The van der Waals surface area contributed by atoms with E-state index in [9.17, 15) is 4.79 Å². The van der Waals surface area contributed by atoms with Gasteiger partial charge in [0.25, 0.3) is 0 Å². The molecule has 0 fully saturated rings. The van der Waals surface area contributed by atoms with Crippen LogP contribution in [0.2, 0.25) is 0 Å². The molecule has 0 saturated heterocycles. The third kappa shape index (κ3) is 2.57. The highest BCUT2D eigenvalue weighted by Gasteiger charge is 2.05. The molecule has 0 bridgehead atoms. The Labute approximate surface area is 102 Å². The molecule has 0 aliphatic rings. The standard InChI is InChI=1S/C15H19NO/c1-2-3-4-5-6-12-7-8-13(11-17)15-10-16-9-14(12)15/h7-11,16H,2-6H2,1H3. The molecule has 2 heteroatoms. The van der Waals surface area contributed by atoms with E-state index in [0.29, 0.717) is 0 Å². The second-order valence-electron chi connectivity index (χ2n) is 4.53. The van der Waals surface area contributed by atoms with Crippen LogP contribution >= 0.6 is 0 Å². The first-order chi connectivity index (χ1) is 8.36. The Bertz CT molecular complexity index is 499. The molecule has 1 heterocycles. The maximum atomic E-state index is 10.9. The zero-order chi connectivity index (χ0) is 12.1. The van der Waals surface area contributed by atoms with Crippen LogP contribution in [0.15, 0.2) is 24.5 Å². The van der Waals surface area contributed by atoms with E-state index in [1.165, 1.54) is 36.6 Å². The van der Waals surface area contributed by atoms with Crippen molar-refractivity contribution in [1.82, 2.24) is 4.98 Å². The average Bonchev–Trinajstić information content (AvgIpc) is 2.84. The molecule has 2 nitrogen and oxygen atoms in total. The largest absolute Gasteiger partial charge is 0.366 e. The molecular weight excluding hydrogens is 210 g/mol. The van der Waals surface area contributed by atoms with Gasteiger partial charge in [-0.2, -0.15) is 0 Å². The molecule has 0 aliphatic heterocycles. The van der Waals surface area contributed by atoms with Crippen molar-refractivity contribution in [2.75, 3.05) is 0 Å². The lowest BCUT2D eigenvalue weighted by Gasteiger charge is -2.04. The molecule has 0 amide bonds. The van der Waals surface area contributed by atoms with E-state index in [4.69, 9.17) is 0 Å². The number of rotatable bonds is 6. The lowest BCUT2D eigenvalue weighted by atomic mass is 9.99. The van der Waals surface area contributed by atoms with Gasteiger partial charge >= 0.3 is 0 Å². The Morgan fingerprint density at radius 2 is 1.94 bits per heavy atom. The smallest absolute Gasteiger partial charge is 0.150 e. The normalized spacial score (nSPS) is 10.9. The van der Waals surface area contributed by atoms with Gasteiger partial charge in [0.05, 0.1) is 0 Å². The summed E-state index contributed by atoms with van der Waals surface area (Å²) in [5, 5.41) is 2.25. The van der Waals surface area contributed by atoms with Crippen LogP contribution in [0.4, 0.5) is 0 Å². The van der Waals surface area contributed by atoms with Crippen molar-refractivity contribution in [2.45, 2.75) is 39.0 Å². The van der Waals surface area contributed by atoms with E-state index in [0.717, 1.165) is 23.7 Å². The first kappa shape index (κ1) is 11.9. The highest BCUT2D eigenvalue weighted by molar-refractivity contribution is 5.99. The van der Waals surface area contributed by atoms with E-state index in [1.807, 2.05) is 18.5 Å². The number of carbonyl (C=O) groups is 1. The molecule has 0 unspecified atom stereocenters. The minimum atomic E-state index is 0.776. The van der Waals surface area contributed by atoms with Crippen LogP contribution in [0.25, 0.3) is 10.8 Å². The van der Waals surface area contributed by atoms with Crippen LogP contribution in [0, 0.1) is 0 Å². The number of carbonyl (C=O) groups excluding carboxylic acids is 1. The SMILES string of the molecule is CCCCCCc1ccc(C=O)c2c[nH]cc12. The predicted molar refractivity (Wildman–Crippen MR) is 71.5 cm³/mol. The molecule has 2 aromatic rings. The molecule has 17 heavy (non-hydrogen) atoms. The van der Waals surface area contributed by atoms with Gasteiger partial charge in [-0.3, -0.25) is 4.79 Å². The highest BCUT2D eigenvalue weighted by Crippen LogP contribution is 2.23. The highest BCUT2D eigenvalue weighted by atomic mass is 16.1. The molecule has 90 valence electrons. The Balaban J connectivity index is 2.17. The fraction of sp³-hybridized carbons (Fsp3) is 0.400. The van der Waals surface area contributed by atoms with Crippen molar-refractivity contribution in [3.8, 4) is 0 Å². The maximum absolute atomic E-state index is 10.9. The minimum Gasteiger partial charge on any atom is -0.366 e. The molecule has 0 aliphatic carbocycles. The van der Waals surface area contributed by atoms with E-state index < -0.39 is 0 Å². The van der Waals surface area contributed by atoms with E-state index in [1.54, 1.807) is 0 Å².